The lowest BCUT2D eigenvalue weighted by atomic mass is 9.99. The average molecular weight is 549 g/mol. The molecule has 0 saturated carbocycles. The van der Waals surface area contributed by atoms with Gasteiger partial charge in [0, 0.05) is 22.5 Å². The topological polar surface area (TPSA) is 68.3 Å². The Morgan fingerprint density at radius 2 is 1.82 bits per heavy atom. The predicted octanol–water partition coefficient (Wildman–Crippen LogP) is 6.05. The highest BCUT2D eigenvalue weighted by molar-refractivity contribution is 7.10. The van der Waals surface area contributed by atoms with Crippen molar-refractivity contribution < 1.29 is 23.8 Å². The average Bonchev–Trinajstić information content (AvgIpc) is 3.58. The van der Waals surface area contributed by atoms with Crippen LogP contribution >= 0.6 is 11.3 Å². The van der Waals surface area contributed by atoms with E-state index in [1.54, 1.807) is 34.4 Å². The Hall–Kier alpha value is -3.52. The summed E-state index contributed by atoms with van der Waals surface area (Å²) in [5, 5.41) is 2.08. The largest absolute Gasteiger partial charge is 0.491 e. The van der Waals surface area contributed by atoms with Crippen LogP contribution < -0.4 is 14.2 Å². The van der Waals surface area contributed by atoms with E-state index in [9.17, 15) is 9.59 Å². The molecule has 3 heterocycles. The van der Waals surface area contributed by atoms with Crippen LogP contribution in [0.4, 0.5) is 0 Å². The van der Waals surface area contributed by atoms with E-state index in [2.05, 4.69) is 37.4 Å². The molecule has 0 fully saturated rings. The first-order valence-corrected chi connectivity index (χ1v) is 14.3. The first-order chi connectivity index (χ1) is 18.6. The van der Waals surface area contributed by atoms with Gasteiger partial charge in [0.25, 0.3) is 5.91 Å². The summed E-state index contributed by atoms with van der Waals surface area (Å²) in [6.45, 7) is 11.2. The third-order valence-electron chi connectivity index (χ3n) is 7.34. The van der Waals surface area contributed by atoms with Gasteiger partial charge in [0.15, 0.2) is 11.5 Å². The molecule has 0 radical (unpaired) electrons. The van der Waals surface area contributed by atoms with Crippen LogP contribution in [0.1, 0.15) is 72.9 Å². The quantitative estimate of drug-likeness (QED) is 0.360. The smallest absolute Gasteiger partial charge is 0.254 e. The maximum atomic E-state index is 13.9. The van der Waals surface area contributed by atoms with Crippen LogP contribution in [0.25, 0.3) is 0 Å². The molecule has 5 rings (SSSR count). The highest BCUT2D eigenvalue weighted by atomic mass is 32.1. The van der Waals surface area contributed by atoms with E-state index in [1.807, 2.05) is 37.8 Å². The van der Waals surface area contributed by atoms with Gasteiger partial charge in [0.2, 0.25) is 12.7 Å². The maximum Gasteiger partial charge on any atom is 0.254 e. The summed E-state index contributed by atoms with van der Waals surface area (Å²) in [6.07, 6.45) is 0.796. The van der Waals surface area contributed by atoms with Crippen LogP contribution in [0.15, 0.2) is 53.9 Å². The summed E-state index contributed by atoms with van der Waals surface area (Å²) in [6, 6.07) is 15.2. The summed E-state index contributed by atoms with van der Waals surface area (Å²) >= 11 is 1.72. The van der Waals surface area contributed by atoms with Crippen molar-refractivity contribution in [2.45, 2.75) is 58.5 Å². The molecule has 0 aliphatic carbocycles. The van der Waals surface area contributed by atoms with Crippen molar-refractivity contribution in [3.8, 4) is 17.2 Å². The molecule has 39 heavy (non-hydrogen) atoms. The molecule has 7 nitrogen and oxygen atoms in total. The third kappa shape index (κ3) is 5.76. The lowest BCUT2D eigenvalue weighted by molar-refractivity contribution is -0.136. The fourth-order valence-corrected chi connectivity index (χ4v) is 5.95. The van der Waals surface area contributed by atoms with E-state index in [-0.39, 0.29) is 31.2 Å². The highest BCUT2D eigenvalue weighted by Crippen LogP contribution is 2.36. The van der Waals surface area contributed by atoms with Gasteiger partial charge >= 0.3 is 0 Å². The second kappa shape index (κ2) is 10.9. The van der Waals surface area contributed by atoms with Crippen molar-refractivity contribution >= 4 is 23.2 Å². The third-order valence-corrected chi connectivity index (χ3v) is 8.33. The van der Waals surface area contributed by atoms with Gasteiger partial charge in [0.1, 0.15) is 18.9 Å². The molecule has 1 aromatic heterocycles. The predicted molar refractivity (Wildman–Crippen MR) is 152 cm³/mol. The molecule has 0 saturated heterocycles. The number of amides is 2. The Bertz CT molecular complexity index is 1340. The molecule has 2 amide bonds. The van der Waals surface area contributed by atoms with Gasteiger partial charge in [-0.15, -0.1) is 11.3 Å². The van der Waals surface area contributed by atoms with E-state index in [1.165, 1.54) is 10.4 Å². The minimum atomic E-state index is -0.573. The number of carbonyl (C=O) groups excluding carboxylic acids is 2. The van der Waals surface area contributed by atoms with Crippen molar-refractivity contribution in [1.82, 2.24) is 9.80 Å². The van der Waals surface area contributed by atoms with Gasteiger partial charge in [-0.3, -0.25) is 9.59 Å². The molecule has 8 heteroatoms. The second-order valence-electron chi connectivity index (χ2n) is 11.3. The minimum absolute atomic E-state index is 0.0319. The number of benzene rings is 2. The molecule has 0 spiro atoms. The highest BCUT2D eigenvalue weighted by Gasteiger charge is 2.36. The first-order valence-electron chi connectivity index (χ1n) is 13.4. The zero-order valence-corrected chi connectivity index (χ0v) is 24.0. The van der Waals surface area contributed by atoms with Crippen LogP contribution in [0, 0.1) is 0 Å². The molecule has 2 aliphatic rings. The van der Waals surface area contributed by atoms with E-state index < -0.39 is 5.54 Å². The fraction of sp³-hybridized carbons (Fsp3) is 0.419. The lowest BCUT2D eigenvalue weighted by Gasteiger charge is -2.40. The van der Waals surface area contributed by atoms with Gasteiger partial charge < -0.3 is 24.0 Å². The molecule has 0 unspecified atom stereocenters. The van der Waals surface area contributed by atoms with Crippen molar-refractivity contribution in [2.24, 2.45) is 0 Å². The summed E-state index contributed by atoms with van der Waals surface area (Å²) in [4.78, 5) is 32.4. The van der Waals surface area contributed by atoms with Gasteiger partial charge in [-0.25, -0.2) is 0 Å². The van der Waals surface area contributed by atoms with Crippen molar-refractivity contribution in [2.75, 3.05) is 26.5 Å². The maximum absolute atomic E-state index is 13.9. The Kier molecular flexibility index (Phi) is 7.58. The molecular formula is C31H36N2O5S. The van der Waals surface area contributed by atoms with E-state index in [4.69, 9.17) is 14.2 Å². The van der Waals surface area contributed by atoms with Crippen LogP contribution in [0.2, 0.25) is 0 Å². The van der Waals surface area contributed by atoms with Crippen molar-refractivity contribution in [1.29, 1.82) is 0 Å². The number of fused-ring (bicyclic) bond motifs is 2. The Labute approximate surface area is 234 Å². The Morgan fingerprint density at radius 1 is 1.08 bits per heavy atom. The normalized spacial score (nSPS) is 16.3. The Morgan fingerprint density at radius 3 is 2.54 bits per heavy atom. The lowest BCUT2D eigenvalue weighted by Crippen LogP contribution is -2.53. The second-order valence-corrected chi connectivity index (χ2v) is 12.3. The minimum Gasteiger partial charge on any atom is -0.491 e. The van der Waals surface area contributed by atoms with Crippen LogP contribution in [0.5, 0.6) is 17.2 Å². The molecule has 1 atom stereocenters. The number of rotatable bonds is 7. The molecule has 3 aromatic rings. The van der Waals surface area contributed by atoms with E-state index >= 15 is 0 Å². The van der Waals surface area contributed by atoms with Crippen LogP contribution in [-0.2, 0) is 11.2 Å². The fourth-order valence-electron chi connectivity index (χ4n) is 5.02. The Balaban J connectivity index is 1.35. The number of hydrogen-bond acceptors (Lipinski definition) is 6. The zero-order valence-electron chi connectivity index (χ0n) is 23.2. The van der Waals surface area contributed by atoms with Crippen molar-refractivity contribution in [3.63, 3.8) is 0 Å². The number of ether oxygens (including phenoxy) is 3. The summed E-state index contributed by atoms with van der Waals surface area (Å²) in [7, 11) is 0. The molecule has 2 aromatic carbocycles. The van der Waals surface area contributed by atoms with Gasteiger partial charge in [-0.05, 0) is 86.0 Å². The van der Waals surface area contributed by atoms with Crippen molar-refractivity contribution in [3.05, 3.63) is 75.5 Å². The van der Waals surface area contributed by atoms with E-state index in [0.717, 1.165) is 17.7 Å². The number of nitrogens with zero attached hydrogens (tertiary/aromatic N) is 2. The van der Waals surface area contributed by atoms with Crippen LogP contribution in [0.3, 0.4) is 0 Å². The van der Waals surface area contributed by atoms with Gasteiger partial charge in [0.05, 0.1) is 6.04 Å². The SMILES string of the molecule is CC(C)c1ccc(OC[C@@H]2c3ccsc3CCN2C(=O)CN(C(=O)c2ccc3c(c2)OCO3)C(C)(C)C)cc1. The molecule has 0 N–H and O–H groups in total. The van der Waals surface area contributed by atoms with E-state index in [0.29, 0.717) is 36.1 Å². The molecule has 2 aliphatic heterocycles. The van der Waals surface area contributed by atoms with Crippen LogP contribution in [-0.4, -0.2) is 53.6 Å². The number of hydrogen-bond donors (Lipinski definition) is 0. The molecule has 206 valence electrons. The standard InChI is InChI=1S/C31H36N2O5S/c1-20(2)21-6-9-23(10-7-21)36-18-25-24-13-15-39-28(24)12-14-32(25)29(34)17-33(31(3,4)5)30(35)22-8-11-26-27(16-22)38-19-37-26/h6-11,13,15-16,20,25H,12,14,17-19H2,1-5H3/t25-/m1/s1. The molecule has 0 bridgehead atoms. The number of thiophene rings is 1. The summed E-state index contributed by atoms with van der Waals surface area (Å²) in [5.41, 5.74) is 2.27. The zero-order chi connectivity index (χ0) is 27.7. The molecular weight excluding hydrogens is 512 g/mol. The monoisotopic (exact) mass is 548 g/mol. The van der Waals surface area contributed by atoms with Gasteiger partial charge in [-0.2, -0.15) is 0 Å². The first kappa shape index (κ1) is 27.1. The summed E-state index contributed by atoms with van der Waals surface area (Å²) < 4.78 is 17.1. The summed E-state index contributed by atoms with van der Waals surface area (Å²) in [5.74, 6) is 2.07. The van der Waals surface area contributed by atoms with Gasteiger partial charge in [-0.1, -0.05) is 26.0 Å². The number of carbonyl (C=O) groups is 2.